The highest BCUT2D eigenvalue weighted by molar-refractivity contribution is 7.10. The Bertz CT molecular complexity index is 410. The van der Waals surface area contributed by atoms with E-state index in [1.54, 1.807) is 11.3 Å². The van der Waals surface area contributed by atoms with Gasteiger partial charge in [0, 0.05) is 17.5 Å². The molecule has 2 rings (SSSR count). The van der Waals surface area contributed by atoms with E-state index in [1.165, 1.54) is 11.3 Å². The quantitative estimate of drug-likeness (QED) is 0.893. The van der Waals surface area contributed by atoms with E-state index in [4.69, 9.17) is 0 Å². The number of aliphatic carboxylic acids is 1. The van der Waals surface area contributed by atoms with E-state index in [2.05, 4.69) is 29.3 Å². The van der Waals surface area contributed by atoms with Gasteiger partial charge in [0.05, 0.1) is 5.41 Å². The van der Waals surface area contributed by atoms with Crippen molar-refractivity contribution in [3.8, 4) is 0 Å². The van der Waals surface area contributed by atoms with Crippen LogP contribution in [0.2, 0.25) is 0 Å². The lowest BCUT2D eigenvalue weighted by Gasteiger charge is -2.38. The number of rotatable bonds is 5. The number of thiophene rings is 1. The Labute approximate surface area is 119 Å². The zero-order valence-corrected chi connectivity index (χ0v) is 12.6. The first-order valence-electron chi connectivity index (χ1n) is 7.02. The highest BCUT2D eigenvalue weighted by Crippen LogP contribution is 2.38. The molecule has 1 aromatic rings. The van der Waals surface area contributed by atoms with Crippen LogP contribution in [0.1, 0.15) is 49.9 Å². The van der Waals surface area contributed by atoms with Crippen molar-refractivity contribution >= 4 is 17.3 Å². The van der Waals surface area contributed by atoms with Gasteiger partial charge < -0.3 is 5.11 Å². The Morgan fingerprint density at radius 1 is 1.47 bits per heavy atom. The average Bonchev–Trinajstić information content (AvgIpc) is 2.92. The van der Waals surface area contributed by atoms with Crippen LogP contribution in [0.25, 0.3) is 0 Å². The molecule has 1 aliphatic carbocycles. The van der Waals surface area contributed by atoms with Crippen molar-refractivity contribution in [2.75, 3.05) is 13.6 Å². The van der Waals surface area contributed by atoms with Crippen molar-refractivity contribution in [3.63, 3.8) is 0 Å². The topological polar surface area (TPSA) is 40.5 Å². The van der Waals surface area contributed by atoms with Gasteiger partial charge in [-0.25, -0.2) is 0 Å². The van der Waals surface area contributed by atoms with Crippen LogP contribution < -0.4 is 0 Å². The molecule has 1 heterocycles. The van der Waals surface area contributed by atoms with Crippen LogP contribution in [-0.4, -0.2) is 29.6 Å². The lowest BCUT2D eigenvalue weighted by Crippen LogP contribution is -2.43. The summed E-state index contributed by atoms with van der Waals surface area (Å²) in [5.74, 6) is -0.613. The normalized spacial score (nSPS) is 20.4. The van der Waals surface area contributed by atoms with E-state index < -0.39 is 11.4 Å². The van der Waals surface area contributed by atoms with Gasteiger partial charge in [-0.05, 0) is 38.3 Å². The third-order valence-electron chi connectivity index (χ3n) is 4.43. The zero-order chi connectivity index (χ0) is 13.9. The molecule has 19 heavy (non-hydrogen) atoms. The second-order valence-electron chi connectivity index (χ2n) is 5.75. The Hall–Kier alpha value is -0.870. The van der Waals surface area contributed by atoms with Gasteiger partial charge in [-0.15, -0.1) is 11.3 Å². The molecule has 1 unspecified atom stereocenters. The minimum absolute atomic E-state index is 0.290. The summed E-state index contributed by atoms with van der Waals surface area (Å²) in [4.78, 5) is 15.2. The number of carbonyl (C=O) groups is 1. The molecule has 1 N–H and O–H groups in total. The molecular formula is C15H23NO2S. The first kappa shape index (κ1) is 14.5. The van der Waals surface area contributed by atoms with E-state index in [0.717, 1.165) is 25.7 Å². The molecule has 0 aromatic carbocycles. The van der Waals surface area contributed by atoms with Crippen LogP contribution >= 0.6 is 11.3 Å². The SMILES string of the molecule is CC(c1cccs1)N(C)CC1(C(=O)O)CCCCC1. The van der Waals surface area contributed by atoms with Crippen molar-refractivity contribution in [1.82, 2.24) is 4.90 Å². The second kappa shape index (κ2) is 6.06. The third kappa shape index (κ3) is 3.18. The monoisotopic (exact) mass is 281 g/mol. The largest absolute Gasteiger partial charge is 0.481 e. The summed E-state index contributed by atoms with van der Waals surface area (Å²) in [6, 6.07) is 4.47. The lowest BCUT2D eigenvalue weighted by atomic mass is 9.73. The van der Waals surface area contributed by atoms with Gasteiger partial charge in [-0.3, -0.25) is 9.69 Å². The first-order valence-corrected chi connectivity index (χ1v) is 7.90. The van der Waals surface area contributed by atoms with Gasteiger partial charge in [-0.1, -0.05) is 25.3 Å². The van der Waals surface area contributed by atoms with E-state index in [-0.39, 0.29) is 6.04 Å². The molecule has 0 amide bonds. The summed E-state index contributed by atoms with van der Waals surface area (Å²) in [5, 5.41) is 11.7. The van der Waals surface area contributed by atoms with Gasteiger partial charge in [0.15, 0.2) is 0 Å². The van der Waals surface area contributed by atoms with Crippen molar-refractivity contribution < 1.29 is 9.90 Å². The summed E-state index contributed by atoms with van der Waals surface area (Å²) in [6.45, 7) is 2.81. The number of carboxylic acid groups (broad SMARTS) is 1. The van der Waals surface area contributed by atoms with Crippen LogP contribution in [0.3, 0.4) is 0 Å². The fourth-order valence-electron chi connectivity index (χ4n) is 3.03. The molecule has 0 radical (unpaired) electrons. The predicted molar refractivity (Wildman–Crippen MR) is 78.5 cm³/mol. The minimum Gasteiger partial charge on any atom is -0.481 e. The third-order valence-corrected chi connectivity index (χ3v) is 5.48. The van der Waals surface area contributed by atoms with Crippen molar-refractivity contribution in [2.24, 2.45) is 5.41 Å². The molecule has 0 aliphatic heterocycles. The predicted octanol–water partition coefficient (Wildman–Crippen LogP) is 3.78. The Morgan fingerprint density at radius 2 is 2.16 bits per heavy atom. The number of carboxylic acids is 1. The highest BCUT2D eigenvalue weighted by Gasteiger charge is 2.41. The maximum absolute atomic E-state index is 11.7. The van der Waals surface area contributed by atoms with E-state index >= 15 is 0 Å². The van der Waals surface area contributed by atoms with Crippen LogP contribution in [0.4, 0.5) is 0 Å². The molecule has 106 valence electrons. The second-order valence-corrected chi connectivity index (χ2v) is 6.73. The standard InChI is InChI=1S/C15H23NO2S/c1-12(13-7-6-10-19-13)16(2)11-15(14(17)18)8-4-3-5-9-15/h6-7,10,12H,3-5,8-9,11H2,1-2H3,(H,17,18). The zero-order valence-electron chi connectivity index (χ0n) is 11.8. The first-order chi connectivity index (χ1) is 9.05. The highest BCUT2D eigenvalue weighted by atomic mass is 32.1. The maximum Gasteiger partial charge on any atom is 0.310 e. The molecule has 3 nitrogen and oxygen atoms in total. The molecule has 4 heteroatoms. The van der Waals surface area contributed by atoms with E-state index in [0.29, 0.717) is 6.54 Å². The lowest BCUT2D eigenvalue weighted by molar-refractivity contribution is -0.152. The molecule has 1 fully saturated rings. The summed E-state index contributed by atoms with van der Waals surface area (Å²) >= 11 is 1.74. The van der Waals surface area contributed by atoms with Crippen LogP contribution in [0.5, 0.6) is 0 Å². The molecule has 1 aliphatic rings. The van der Waals surface area contributed by atoms with Crippen molar-refractivity contribution in [3.05, 3.63) is 22.4 Å². The van der Waals surface area contributed by atoms with Gasteiger partial charge in [-0.2, -0.15) is 0 Å². The molecular weight excluding hydrogens is 258 g/mol. The van der Waals surface area contributed by atoms with Gasteiger partial charge >= 0.3 is 5.97 Å². The van der Waals surface area contributed by atoms with Crippen molar-refractivity contribution in [2.45, 2.75) is 45.1 Å². The minimum atomic E-state index is -0.613. The number of nitrogens with zero attached hydrogens (tertiary/aromatic N) is 1. The van der Waals surface area contributed by atoms with Gasteiger partial charge in [0.25, 0.3) is 0 Å². The smallest absolute Gasteiger partial charge is 0.310 e. The van der Waals surface area contributed by atoms with Crippen LogP contribution in [0, 0.1) is 5.41 Å². The van der Waals surface area contributed by atoms with E-state index in [9.17, 15) is 9.90 Å². The summed E-state index contributed by atoms with van der Waals surface area (Å²) < 4.78 is 0. The molecule has 1 aromatic heterocycles. The Balaban J connectivity index is 2.06. The molecule has 1 saturated carbocycles. The summed E-state index contributed by atoms with van der Waals surface area (Å²) in [5.41, 5.74) is -0.529. The molecule has 0 spiro atoms. The number of hydrogen-bond acceptors (Lipinski definition) is 3. The summed E-state index contributed by atoms with van der Waals surface area (Å²) in [7, 11) is 2.05. The molecule has 0 saturated heterocycles. The van der Waals surface area contributed by atoms with Crippen LogP contribution in [-0.2, 0) is 4.79 Å². The number of hydrogen-bond donors (Lipinski definition) is 1. The van der Waals surface area contributed by atoms with Gasteiger partial charge in [0.2, 0.25) is 0 Å². The Kier molecular flexibility index (Phi) is 4.63. The van der Waals surface area contributed by atoms with E-state index in [1.807, 2.05) is 7.05 Å². The molecule has 0 bridgehead atoms. The fraction of sp³-hybridized carbons (Fsp3) is 0.667. The fourth-order valence-corrected chi connectivity index (χ4v) is 3.88. The van der Waals surface area contributed by atoms with Crippen molar-refractivity contribution in [1.29, 1.82) is 0 Å². The Morgan fingerprint density at radius 3 is 2.68 bits per heavy atom. The maximum atomic E-state index is 11.7. The average molecular weight is 281 g/mol. The van der Waals surface area contributed by atoms with Gasteiger partial charge in [0.1, 0.15) is 0 Å². The molecule has 1 atom stereocenters. The summed E-state index contributed by atoms with van der Waals surface area (Å²) in [6.07, 6.45) is 4.92. The van der Waals surface area contributed by atoms with Crippen LogP contribution in [0.15, 0.2) is 17.5 Å².